The first-order valence-corrected chi connectivity index (χ1v) is 11.4. The molecule has 1 saturated carbocycles. The highest BCUT2D eigenvalue weighted by Gasteiger charge is 2.44. The van der Waals surface area contributed by atoms with Gasteiger partial charge in [0.2, 0.25) is 0 Å². The number of aromatic nitrogens is 5. The highest BCUT2D eigenvalue weighted by Crippen LogP contribution is 2.37. The molecule has 4 heterocycles. The molecule has 5 rings (SSSR count). The van der Waals surface area contributed by atoms with Crippen molar-refractivity contribution in [1.82, 2.24) is 30.1 Å². The number of carbonyl (C=O) groups excluding carboxylic acids is 1. The Balaban J connectivity index is 1.32. The zero-order valence-corrected chi connectivity index (χ0v) is 19.9. The molecule has 11 nitrogen and oxygen atoms in total. The molecule has 0 radical (unpaired) electrons. The monoisotopic (exact) mass is 567 g/mol. The quantitative estimate of drug-likeness (QED) is 0.361. The summed E-state index contributed by atoms with van der Waals surface area (Å²) in [5.41, 5.74) is -2.10. The number of fused-ring (bicyclic) bond motifs is 1. The second-order valence-corrected chi connectivity index (χ2v) is 9.33. The van der Waals surface area contributed by atoms with Crippen LogP contribution in [0.4, 0.5) is 47.2 Å². The van der Waals surface area contributed by atoms with E-state index in [4.69, 9.17) is 9.47 Å². The first-order chi connectivity index (χ1) is 18.2. The Morgan fingerprint density at radius 2 is 2.00 bits per heavy atom. The van der Waals surface area contributed by atoms with Gasteiger partial charge in [-0.25, -0.2) is 18.7 Å². The van der Waals surface area contributed by atoms with Gasteiger partial charge in [0, 0.05) is 11.6 Å². The van der Waals surface area contributed by atoms with E-state index in [1.54, 1.807) is 0 Å². The van der Waals surface area contributed by atoms with Crippen molar-refractivity contribution in [2.24, 2.45) is 0 Å². The van der Waals surface area contributed by atoms with Crippen molar-refractivity contribution >= 4 is 23.2 Å². The maximum atomic E-state index is 15.0. The van der Waals surface area contributed by atoms with Gasteiger partial charge < -0.3 is 20.1 Å². The summed E-state index contributed by atoms with van der Waals surface area (Å²) in [7, 11) is 0. The minimum atomic E-state index is -4.97. The summed E-state index contributed by atoms with van der Waals surface area (Å²) in [4.78, 5) is 15.5. The molecule has 1 saturated heterocycles. The fourth-order valence-electron chi connectivity index (χ4n) is 3.83. The van der Waals surface area contributed by atoms with Crippen LogP contribution in [-0.4, -0.2) is 61.7 Å². The van der Waals surface area contributed by atoms with Crippen LogP contribution in [0.2, 0.25) is 0 Å². The van der Waals surface area contributed by atoms with E-state index < -0.39 is 55.1 Å². The van der Waals surface area contributed by atoms with E-state index in [0.717, 1.165) is 18.9 Å². The molecule has 2 fully saturated rings. The molecule has 1 aliphatic carbocycles. The van der Waals surface area contributed by atoms with E-state index in [1.165, 1.54) is 6.07 Å². The Kier molecular flexibility index (Phi) is 6.56. The summed E-state index contributed by atoms with van der Waals surface area (Å²) in [5, 5.41) is 15.2. The largest absolute Gasteiger partial charge is 0.522 e. The van der Waals surface area contributed by atoms with Gasteiger partial charge in [-0.05, 0) is 25.8 Å². The molecule has 3 aromatic rings. The number of carbonyl (C=O) groups is 1. The van der Waals surface area contributed by atoms with Crippen LogP contribution in [0, 0.1) is 0 Å². The number of hydrogen-bond acceptors (Lipinski definition) is 8. The van der Waals surface area contributed by atoms with Crippen LogP contribution in [0.25, 0.3) is 5.52 Å². The smallest absolute Gasteiger partial charge is 0.441 e. The van der Waals surface area contributed by atoms with Crippen molar-refractivity contribution in [3.8, 4) is 0 Å². The third-order valence-electron chi connectivity index (χ3n) is 6.08. The summed E-state index contributed by atoms with van der Waals surface area (Å²) in [6.07, 6.45) is -12.8. The second kappa shape index (κ2) is 9.51. The van der Waals surface area contributed by atoms with Crippen molar-refractivity contribution in [2.75, 3.05) is 11.9 Å². The van der Waals surface area contributed by atoms with Gasteiger partial charge in [0.15, 0.2) is 29.6 Å². The van der Waals surface area contributed by atoms with Crippen molar-refractivity contribution in [3.05, 3.63) is 35.4 Å². The van der Waals surface area contributed by atoms with Crippen LogP contribution in [0.3, 0.4) is 0 Å². The lowest BCUT2D eigenvalue weighted by Crippen LogP contribution is -2.39. The fraction of sp³-hybridized carbons (Fsp3) is 0.524. The Morgan fingerprint density at radius 3 is 2.67 bits per heavy atom. The highest BCUT2D eigenvalue weighted by molar-refractivity contribution is 5.73. The van der Waals surface area contributed by atoms with E-state index in [-0.39, 0.29) is 34.9 Å². The third-order valence-corrected chi connectivity index (χ3v) is 6.08. The number of nitrogens with one attached hydrogen (secondary N) is 3. The van der Waals surface area contributed by atoms with Crippen LogP contribution in [0.1, 0.15) is 43.0 Å². The van der Waals surface area contributed by atoms with E-state index in [0.29, 0.717) is 10.7 Å². The predicted octanol–water partition coefficient (Wildman–Crippen LogP) is 4.31. The number of amides is 1. The Labute approximate surface area is 214 Å². The average Bonchev–Trinajstić information content (AvgIpc) is 3.18. The Morgan fingerprint density at radius 1 is 1.26 bits per heavy atom. The number of rotatable bonds is 7. The third kappa shape index (κ3) is 6.16. The number of ether oxygens (including phenoxy) is 3. The Bertz CT molecular complexity index is 1370. The number of halogens is 7. The van der Waals surface area contributed by atoms with Gasteiger partial charge in [0.25, 0.3) is 0 Å². The number of nitrogens with zero attached hydrogens (tertiary/aromatic N) is 4. The minimum absolute atomic E-state index is 0.0847. The molecule has 1 aliphatic heterocycles. The molecule has 0 bridgehead atoms. The van der Waals surface area contributed by atoms with Crippen molar-refractivity contribution in [3.63, 3.8) is 0 Å². The molecule has 0 spiro atoms. The standard InChI is InChI=1S/C21H20F7N7O4/c1-19(2-3-19)31-18(36)39-12-8-37-16(15(12)22)10-5-14(33-32-10)30-17-11-4-9(7-38-21(26,27)28)34-35(11)6-13(29-17)20(23,24)25/h4-6,12,15-16H,2-3,7-8H2,1H3,(H,31,36)(H2,29,30,32,33)/t12-,15-,16-/m0/s1. The predicted molar refractivity (Wildman–Crippen MR) is 115 cm³/mol. The molecule has 39 heavy (non-hydrogen) atoms. The number of H-pyrrole nitrogens is 1. The van der Waals surface area contributed by atoms with Crippen LogP contribution >= 0.6 is 0 Å². The lowest BCUT2D eigenvalue weighted by Gasteiger charge is -2.17. The maximum Gasteiger partial charge on any atom is 0.522 e. The van der Waals surface area contributed by atoms with Gasteiger partial charge in [-0.1, -0.05) is 0 Å². The van der Waals surface area contributed by atoms with Crippen molar-refractivity contribution < 1.29 is 49.7 Å². The van der Waals surface area contributed by atoms with Crippen LogP contribution in [0.5, 0.6) is 0 Å². The van der Waals surface area contributed by atoms with Crippen LogP contribution < -0.4 is 10.6 Å². The molecule has 2 aliphatic rings. The number of alkyl carbamates (subject to hydrolysis) is 1. The van der Waals surface area contributed by atoms with E-state index >= 15 is 0 Å². The summed E-state index contributed by atoms with van der Waals surface area (Å²) >= 11 is 0. The lowest BCUT2D eigenvalue weighted by atomic mass is 10.1. The molecule has 3 N–H and O–H groups in total. The Hall–Kier alpha value is -3.67. The van der Waals surface area contributed by atoms with Crippen LogP contribution in [0.15, 0.2) is 18.3 Å². The molecule has 18 heteroatoms. The minimum Gasteiger partial charge on any atom is -0.441 e. The summed E-state index contributed by atoms with van der Waals surface area (Å²) in [5.74, 6) is -0.545. The summed E-state index contributed by atoms with van der Waals surface area (Å²) in [6.45, 7) is 0.532. The second-order valence-electron chi connectivity index (χ2n) is 9.33. The van der Waals surface area contributed by atoms with Gasteiger partial charge in [-0.2, -0.15) is 23.4 Å². The fourth-order valence-corrected chi connectivity index (χ4v) is 3.83. The maximum absolute atomic E-state index is 15.0. The number of aromatic amines is 1. The van der Waals surface area contributed by atoms with Gasteiger partial charge in [0.05, 0.1) is 24.2 Å². The van der Waals surface area contributed by atoms with E-state index in [2.05, 4.69) is 35.7 Å². The van der Waals surface area contributed by atoms with Crippen molar-refractivity contribution in [1.29, 1.82) is 0 Å². The van der Waals surface area contributed by atoms with Gasteiger partial charge >= 0.3 is 18.6 Å². The number of alkyl halides is 7. The molecule has 3 aromatic heterocycles. The molecule has 0 unspecified atom stereocenters. The lowest BCUT2D eigenvalue weighted by molar-refractivity contribution is -0.330. The SMILES string of the molecule is CC1(NC(=O)O[C@H]2CO[C@@H](c3cc(Nc4nc(C(F)(F)F)cn5nc(COC(F)(F)F)cc45)n[nH]3)[C@H]2F)CC1. The molecule has 212 valence electrons. The average molecular weight is 567 g/mol. The first kappa shape index (κ1) is 26.9. The highest BCUT2D eigenvalue weighted by atomic mass is 19.4. The molecular formula is C21H20F7N7O4. The number of anilines is 2. The first-order valence-electron chi connectivity index (χ1n) is 11.4. The van der Waals surface area contributed by atoms with Gasteiger partial charge in [-0.3, -0.25) is 9.84 Å². The zero-order chi connectivity index (χ0) is 28.2. The van der Waals surface area contributed by atoms with Crippen molar-refractivity contribution in [2.45, 2.75) is 62.8 Å². The van der Waals surface area contributed by atoms with E-state index in [9.17, 15) is 35.5 Å². The molecule has 3 atom stereocenters. The molecular weight excluding hydrogens is 547 g/mol. The van der Waals surface area contributed by atoms with Gasteiger partial charge in [0.1, 0.15) is 18.2 Å². The topological polar surface area (TPSA) is 128 Å². The zero-order valence-electron chi connectivity index (χ0n) is 19.9. The summed E-state index contributed by atoms with van der Waals surface area (Å²) in [6, 6.07) is 2.30. The molecule has 0 aromatic carbocycles. The van der Waals surface area contributed by atoms with Gasteiger partial charge in [-0.15, -0.1) is 13.2 Å². The number of hydrogen-bond donors (Lipinski definition) is 3. The molecule has 1 amide bonds. The normalized spacial score (nSPS) is 22.7. The van der Waals surface area contributed by atoms with Crippen LogP contribution in [-0.2, 0) is 27.0 Å². The summed E-state index contributed by atoms with van der Waals surface area (Å²) < 4.78 is 107. The van der Waals surface area contributed by atoms with E-state index in [1.807, 2.05) is 6.92 Å².